The number of hydrogen-bond acceptors (Lipinski definition) is 7. The number of carboxylic acids is 1. The second-order valence-electron chi connectivity index (χ2n) is 10.6. The van der Waals surface area contributed by atoms with E-state index >= 15 is 0 Å². The lowest BCUT2D eigenvalue weighted by Gasteiger charge is -2.29. The van der Waals surface area contributed by atoms with Gasteiger partial charge >= 0.3 is 5.97 Å². The van der Waals surface area contributed by atoms with Crippen LogP contribution in [0.3, 0.4) is 0 Å². The van der Waals surface area contributed by atoms with Crippen LogP contribution in [0.1, 0.15) is 36.9 Å². The van der Waals surface area contributed by atoms with Crippen LogP contribution in [0, 0.1) is 0 Å². The molecule has 1 fully saturated rings. The van der Waals surface area contributed by atoms with Gasteiger partial charge in [-0.2, -0.15) is 0 Å². The van der Waals surface area contributed by atoms with Crippen molar-refractivity contribution < 1.29 is 24.3 Å². The smallest absolute Gasteiger partial charge is 0.326 e. The summed E-state index contributed by atoms with van der Waals surface area (Å²) in [7, 11) is 0. The number of likely N-dealkylation sites (tertiary alicyclic amines) is 1. The molecule has 15 heteroatoms. The van der Waals surface area contributed by atoms with Crippen LogP contribution < -0.4 is 27.8 Å². The number of imidazole rings is 1. The van der Waals surface area contributed by atoms with E-state index in [0.717, 1.165) is 16.5 Å². The second-order valence-corrected chi connectivity index (χ2v) is 10.6. The normalized spacial score (nSPS) is 16.8. The number of rotatable bonds is 14. The third-order valence-electron chi connectivity index (χ3n) is 7.44. The number of amides is 3. The minimum Gasteiger partial charge on any atom is -0.480 e. The third-order valence-corrected chi connectivity index (χ3v) is 7.44. The van der Waals surface area contributed by atoms with E-state index in [1.54, 1.807) is 12.4 Å². The molecule has 2 aromatic heterocycles. The molecule has 0 spiro atoms. The molecular formula is C28H38N10O5. The molecule has 0 aliphatic carbocycles. The zero-order valence-corrected chi connectivity index (χ0v) is 23.7. The number of carbonyl (C=O) groups is 4. The Bertz CT molecular complexity index is 1450. The molecule has 1 aliphatic rings. The van der Waals surface area contributed by atoms with E-state index in [-0.39, 0.29) is 38.3 Å². The second kappa shape index (κ2) is 14.3. The molecule has 0 saturated carbocycles. The van der Waals surface area contributed by atoms with Crippen LogP contribution in [0.4, 0.5) is 0 Å². The fourth-order valence-corrected chi connectivity index (χ4v) is 5.26. The molecule has 4 unspecified atom stereocenters. The monoisotopic (exact) mass is 594 g/mol. The molecule has 3 heterocycles. The first kappa shape index (κ1) is 31.0. The first-order chi connectivity index (χ1) is 20.6. The van der Waals surface area contributed by atoms with Crippen molar-refractivity contribution in [3.05, 3.63) is 54.2 Å². The van der Waals surface area contributed by atoms with Crippen molar-refractivity contribution in [1.82, 2.24) is 30.5 Å². The standard InChI is InChI=1S/C28H38N10O5/c29-19(12-17-14-32-15-35-17)24(39)36-21(7-3-9-33-28(30)31)25(40)37-22(26(41)38-10-4-8-23(38)27(42)43)11-16-13-34-20-6-2-1-5-18(16)20/h1-2,5-6,13-15,19,21-23,34H,3-4,7-12,29H2,(H,32,35)(H,36,39)(H,37,40)(H,42,43)(H4,30,31,33). The molecule has 15 nitrogen and oxygen atoms in total. The van der Waals surface area contributed by atoms with Crippen LogP contribution in [0.25, 0.3) is 10.9 Å². The van der Waals surface area contributed by atoms with Crippen LogP contribution in [-0.4, -0.2) is 91.9 Å². The molecule has 0 bridgehead atoms. The summed E-state index contributed by atoms with van der Waals surface area (Å²) in [5.74, 6) is -2.89. The Kier molecular flexibility index (Phi) is 10.3. The van der Waals surface area contributed by atoms with Gasteiger partial charge in [0, 0.05) is 54.9 Å². The summed E-state index contributed by atoms with van der Waals surface area (Å²) in [5, 5.41) is 16.1. The van der Waals surface area contributed by atoms with Gasteiger partial charge in [-0.15, -0.1) is 0 Å². The first-order valence-electron chi connectivity index (χ1n) is 14.1. The Labute approximate surface area is 247 Å². The van der Waals surface area contributed by atoms with Crippen molar-refractivity contribution in [2.75, 3.05) is 13.1 Å². The number of hydrogen-bond donors (Lipinski definition) is 8. The maximum absolute atomic E-state index is 13.8. The maximum Gasteiger partial charge on any atom is 0.326 e. The number of carbonyl (C=O) groups excluding carboxylic acids is 3. The average Bonchev–Trinajstić information content (AvgIpc) is 3.75. The van der Waals surface area contributed by atoms with E-state index in [4.69, 9.17) is 17.2 Å². The number of aromatic amines is 2. The highest BCUT2D eigenvalue weighted by molar-refractivity contribution is 5.95. The van der Waals surface area contributed by atoms with Crippen LogP contribution in [0.15, 0.2) is 48.0 Å². The van der Waals surface area contributed by atoms with Crippen molar-refractivity contribution in [3.8, 4) is 0 Å². The lowest BCUT2D eigenvalue weighted by atomic mass is 10.0. The predicted molar refractivity (Wildman–Crippen MR) is 158 cm³/mol. The Morgan fingerprint density at radius 3 is 2.58 bits per heavy atom. The molecule has 3 amide bonds. The van der Waals surface area contributed by atoms with Crippen LogP contribution >= 0.6 is 0 Å². The zero-order valence-electron chi connectivity index (χ0n) is 23.7. The molecule has 1 aromatic carbocycles. The van der Waals surface area contributed by atoms with Gasteiger partial charge in [0.2, 0.25) is 17.7 Å². The van der Waals surface area contributed by atoms with E-state index in [1.165, 1.54) is 11.2 Å². The molecule has 4 atom stereocenters. The SMILES string of the molecule is NC(N)=NCCCC(NC(=O)C(N)Cc1cnc[nH]1)C(=O)NC(Cc1c[nH]c2ccccc12)C(=O)N1CCCC1C(=O)O. The van der Waals surface area contributed by atoms with Gasteiger partial charge in [-0.3, -0.25) is 19.4 Å². The number of guanidine groups is 1. The number of carboxylic acid groups (broad SMARTS) is 1. The van der Waals surface area contributed by atoms with Gasteiger partial charge in [-0.1, -0.05) is 18.2 Å². The van der Waals surface area contributed by atoms with E-state index in [1.807, 2.05) is 24.3 Å². The van der Waals surface area contributed by atoms with Gasteiger partial charge in [0.1, 0.15) is 18.1 Å². The summed E-state index contributed by atoms with van der Waals surface area (Å²) in [6.45, 7) is 0.477. The molecule has 43 heavy (non-hydrogen) atoms. The van der Waals surface area contributed by atoms with E-state index in [2.05, 4.69) is 30.6 Å². The molecule has 230 valence electrons. The predicted octanol–water partition coefficient (Wildman–Crippen LogP) is -0.898. The quantitative estimate of drug-likeness (QED) is 0.0653. The Balaban J connectivity index is 1.55. The number of aliphatic imine (C=N–C) groups is 1. The fraction of sp³-hybridized carbons (Fsp3) is 0.429. The molecular weight excluding hydrogens is 556 g/mol. The number of benzene rings is 1. The van der Waals surface area contributed by atoms with Crippen LogP contribution in [-0.2, 0) is 32.0 Å². The van der Waals surface area contributed by atoms with Crippen LogP contribution in [0.2, 0.25) is 0 Å². The molecule has 1 saturated heterocycles. The highest BCUT2D eigenvalue weighted by Crippen LogP contribution is 2.23. The van der Waals surface area contributed by atoms with Gasteiger partial charge in [-0.05, 0) is 37.3 Å². The number of para-hydroxylation sites is 1. The first-order valence-corrected chi connectivity index (χ1v) is 14.1. The third kappa shape index (κ3) is 8.09. The molecule has 11 N–H and O–H groups in total. The van der Waals surface area contributed by atoms with E-state index < -0.39 is 47.9 Å². The van der Waals surface area contributed by atoms with Crippen LogP contribution in [0.5, 0.6) is 0 Å². The molecule has 4 rings (SSSR count). The summed E-state index contributed by atoms with van der Waals surface area (Å²) in [6.07, 6.45) is 6.42. The maximum atomic E-state index is 13.8. The Hall–Kier alpha value is -4.92. The lowest BCUT2D eigenvalue weighted by molar-refractivity contribution is -0.149. The molecule has 3 aromatic rings. The molecule has 1 aliphatic heterocycles. The lowest BCUT2D eigenvalue weighted by Crippen LogP contribution is -2.57. The largest absolute Gasteiger partial charge is 0.480 e. The number of aromatic nitrogens is 3. The van der Waals surface area contributed by atoms with Crippen molar-refractivity contribution in [2.24, 2.45) is 22.2 Å². The van der Waals surface area contributed by atoms with Crippen molar-refractivity contribution >= 4 is 40.6 Å². The highest BCUT2D eigenvalue weighted by Gasteiger charge is 2.38. The van der Waals surface area contributed by atoms with E-state index in [0.29, 0.717) is 25.0 Å². The average molecular weight is 595 g/mol. The topological polar surface area (TPSA) is 251 Å². The van der Waals surface area contributed by atoms with Crippen molar-refractivity contribution in [2.45, 2.75) is 62.7 Å². The van der Waals surface area contributed by atoms with Gasteiger partial charge in [0.15, 0.2) is 5.96 Å². The number of H-pyrrole nitrogens is 2. The minimum absolute atomic E-state index is 0.102. The van der Waals surface area contributed by atoms with Gasteiger partial charge in [0.25, 0.3) is 0 Å². The summed E-state index contributed by atoms with van der Waals surface area (Å²) in [5.41, 5.74) is 19.2. The van der Waals surface area contributed by atoms with E-state index in [9.17, 15) is 24.3 Å². The number of nitrogens with two attached hydrogens (primary N) is 3. The van der Waals surface area contributed by atoms with Gasteiger partial charge in [-0.25, -0.2) is 9.78 Å². The van der Waals surface area contributed by atoms with Crippen molar-refractivity contribution in [3.63, 3.8) is 0 Å². The number of aliphatic carboxylic acids is 1. The number of nitrogens with zero attached hydrogens (tertiary/aromatic N) is 3. The Morgan fingerprint density at radius 2 is 1.86 bits per heavy atom. The summed E-state index contributed by atoms with van der Waals surface area (Å²) in [4.78, 5) is 67.6. The summed E-state index contributed by atoms with van der Waals surface area (Å²) in [6, 6.07) is 3.41. The highest BCUT2D eigenvalue weighted by atomic mass is 16.4. The Morgan fingerprint density at radius 1 is 1.09 bits per heavy atom. The van der Waals surface area contributed by atoms with Gasteiger partial charge < -0.3 is 47.8 Å². The number of nitrogens with one attached hydrogen (secondary N) is 4. The van der Waals surface area contributed by atoms with Gasteiger partial charge in [0.05, 0.1) is 12.4 Å². The van der Waals surface area contributed by atoms with Crippen molar-refractivity contribution in [1.29, 1.82) is 0 Å². The fourth-order valence-electron chi connectivity index (χ4n) is 5.26. The summed E-state index contributed by atoms with van der Waals surface area (Å²) >= 11 is 0. The molecule has 0 radical (unpaired) electrons. The number of fused-ring (bicyclic) bond motifs is 1. The minimum atomic E-state index is -1.10. The zero-order chi connectivity index (χ0) is 30.9. The summed E-state index contributed by atoms with van der Waals surface area (Å²) < 4.78 is 0.